The first-order valence-corrected chi connectivity index (χ1v) is 9.96. The molecule has 0 spiro atoms. The Balaban J connectivity index is 0.00000124. The van der Waals surface area contributed by atoms with Crippen molar-refractivity contribution in [3.8, 4) is 5.75 Å². The predicted molar refractivity (Wildman–Crippen MR) is 113 cm³/mol. The van der Waals surface area contributed by atoms with Gasteiger partial charge in [-0.3, -0.25) is 4.79 Å². The van der Waals surface area contributed by atoms with Crippen molar-refractivity contribution in [3.63, 3.8) is 0 Å². The highest BCUT2D eigenvalue weighted by molar-refractivity contribution is 5.99. The molecule has 0 saturated heterocycles. The lowest BCUT2D eigenvalue weighted by molar-refractivity contribution is 0.0914. The van der Waals surface area contributed by atoms with Crippen LogP contribution in [0.5, 0.6) is 5.75 Å². The standard InChI is InChI=1S/C19H21FN6O2.C2H6/c1-25(2)11-14-9-22-19(27)15-10-23-26-6-5-17(24-18(15)26)21-8-12-7-13(20)3-4-16(12)28-14;1-2/h3-7,10,14H,8-9,11H2,1-2H3,(H,21,24)(H,22,27);1-2H3. The molecule has 1 aliphatic heterocycles. The lowest BCUT2D eigenvalue weighted by Gasteiger charge is -2.24. The number of rotatable bonds is 2. The van der Waals surface area contributed by atoms with Gasteiger partial charge in [0, 0.05) is 24.8 Å². The molecule has 9 heteroatoms. The topological polar surface area (TPSA) is 83.8 Å². The quantitative estimate of drug-likeness (QED) is 0.671. The predicted octanol–water partition coefficient (Wildman–Crippen LogP) is 2.56. The fourth-order valence-corrected chi connectivity index (χ4v) is 3.15. The van der Waals surface area contributed by atoms with Gasteiger partial charge >= 0.3 is 0 Å². The number of carbonyl (C=O) groups is 1. The number of hydrogen-bond acceptors (Lipinski definition) is 6. The molecule has 0 aliphatic carbocycles. The first-order valence-electron chi connectivity index (χ1n) is 9.96. The first kappa shape index (κ1) is 21.5. The van der Waals surface area contributed by atoms with E-state index in [1.54, 1.807) is 22.8 Å². The van der Waals surface area contributed by atoms with Gasteiger partial charge in [-0.1, -0.05) is 13.8 Å². The Hall–Kier alpha value is -3.20. The molecular weight excluding hydrogens is 387 g/mol. The highest BCUT2D eigenvalue weighted by Crippen LogP contribution is 2.23. The summed E-state index contributed by atoms with van der Waals surface area (Å²) in [6.07, 6.45) is 2.90. The zero-order valence-corrected chi connectivity index (χ0v) is 17.6. The fourth-order valence-electron chi connectivity index (χ4n) is 3.15. The third-order valence-electron chi connectivity index (χ3n) is 4.45. The summed E-state index contributed by atoms with van der Waals surface area (Å²) in [5, 5.41) is 10.2. The van der Waals surface area contributed by atoms with Gasteiger partial charge in [-0.05, 0) is 38.4 Å². The average Bonchev–Trinajstić information content (AvgIpc) is 3.15. The number of carbonyl (C=O) groups excluding carboxylic acids is 1. The molecule has 2 aromatic heterocycles. The van der Waals surface area contributed by atoms with Gasteiger partial charge in [0.05, 0.1) is 12.7 Å². The lowest BCUT2D eigenvalue weighted by Crippen LogP contribution is -2.41. The number of likely N-dealkylation sites (N-methyl/N-ethyl adjacent to an activating group) is 1. The molecule has 0 saturated carbocycles. The summed E-state index contributed by atoms with van der Waals surface area (Å²) in [6, 6.07) is 6.17. The number of amides is 1. The molecule has 1 unspecified atom stereocenters. The van der Waals surface area contributed by atoms with Crippen molar-refractivity contribution in [1.82, 2.24) is 24.8 Å². The number of hydrogen-bond donors (Lipinski definition) is 2. The van der Waals surface area contributed by atoms with E-state index in [1.807, 2.05) is 32.8 Å². The maximum atomic E-state index is 13.8. The minimum atomic E-state index is -0.340. The zero-order valence-electron chi connectivity index (χ0n) is 17.6. The van der Waals surface area contributed by atoms with Gasteiger partial charge in [0.15, 0.2) is 5.65 Å². The van der Waals surface area contributed by atoms with Crippen LogP contribution in [0.3, 0.4) is 0 Å². The molecule has 1 aliphatic rings. The number of benzene rings is 1. The van der Waals surface area contributed by atoms with E-state index in [-0.39, 0.29) is 24.4 Å². The summed E-state index contributed by atoms with van der Waals surface area (Å²) in [5.74, 6) is 0.512. The Labute approximate surface area is 175 Å². The summed E-state index contributed by atoms with van der Waals surface area (Å²) in [4.78, 5) is 19.1. The van der Waals surface area contributed by atoms with E-state index >= 15 is 0 Å². The SMILES string of the molecule is CC.CN(C)CC1CNC(=O)c2cnn3ccc(nc23)NCc2cc(F)ccc2O1. The Bertz CT molecular complexity index is 1020. The summed E-state index contributed by atoms with van der Waals surface area (Å²) in [5.41, 5.74) is 1.51. The Morgan fingerprint density at radius 3 is 2.83 bits per heavy atom. The molecule has 2 N–H and O–H groups in total. The van der Waals surface area contributed by atoms with Crippen LogP contribution in [0, 0.1) is 5.82 Å². The molecule has 2 bridgehead atoms. The van der Waals surface area contributed by atoms with Crippen LogP contribution in [0.1, 0.15) is 29.8 Å². The van der Waals surface area contributed by atoms with Crippen LogP contribution in [-0.4, -0.2) is 58.7 Å². The molecule has 0 radical (unpaired) electrons. The van der Waals surface area contributed by atoms with Crippen LogP contribution in [0.2, 0.25) is 0 Å². The first-order chi connectivity index (χ1) is 14.5. The molecule has 4 rings (SSSR count). The Kier molecular flexibility index (Phi) is 6.83. The molecule has 0 fully saturated rings. The van der Waals surface area contributed by atoms with Crippen molar-refractivity contribution < 1.29 is 13.9 Å². The molecule has 30 heavy (non-hydrogen) atoms. The third kappa shape index (κ3) is 4.85. The van der Waals surface area contributed by atoms with Crippen LogP contribution >= 0.6 is 0 Å². The lowest BCUT2D eigenvalue weighted by atomic mass is 10.2. The van der Waals surface area contributed by atoms with Gasteiger partial charge in [-0.2, -0.15) is 5.10 Å². The maximum absolute atomic E-state index is 13.8. The van der Waals surface area contributed by atoms with Crippen molar-refractivity contribution in [2.45, 2.75) is 26.5 Å². The minimum Gasteiger partial charge on any atom is -0.487 e. The molecule has 8 nitrogen and oxygen atoms in total. The summed E-state index contributed by atoms with van der Waals surface area (Å²) in [7, 11) is 3.85. The molecular formula is C21H27FN6O2. The molecule has 1 amide bonds. The van der Waals surface area contributed by atoms with Gasteiger partial charge in [-0.25, -0.2) is 13.9 Å². The van der Waals surface area contributed by atoms with Crippen LogP contribution < -0.4 is 15.4 Å². The normalized spacial score (nSPS) is 16.2. The second-order valence-corrected chi connectivity index (χ2v) is 6.96. The van der Waals surface area contributed by atoms with Crippen molar-refractivity contribution in [2.75, 3.05) is 32.5 Å². The van der Waals surface area contributed by atoms with E-state index in [1.165, 1.54) is 18.3 Å². The summed E-state index contributed by atoms with van der Waals surface area (Å²) < 4.78 is 21.5. The summed E-state index contributed by atoms with van der Waals surface area (Å²) >= 11 is 0. The molecule has 1 aromatic carbocycles. The highest BCUT2D eigenvalue weighted by atomic mass is 19.1. The van der Waals surface area contributed by atoms with E-state index < -0.39 is 0 Å². The molecule has 3 heterocycles. The monoisotopic (exact) mass is 414 g/mol. The number of aromatic nitrogens is 3. The van der Waals surface area contributed by atoms with Gasteiger partial charge in [0.1, 0.15) is 29.1 Å². The number of halogens is 1. The zero-order chi connectivity index (χ0) is 21.7. The van der Waals surface area contributed by atoms with Crippen LogP contribution in [0.15, 0.2) is 36.7 Å². The van der Waals surface area contributed by atoms with Crippen molar-refractivity contribution in [3.05, 3.63) is 53.6 Å². The largest absolute Gasteiger partial charge is 0.487 e. The fraction of sp³-hybridized carbons (Fsp3) is 0.381. The number of ether oxygens (including phenoxy) is 1. The van der Waals surface area contributed by atoms with Gasteiger partial charge in [0.2, 0.25) is 0 Å². The van der Waals surface area contributed by atoms with Crippen LogP contribution in [0.25, 0.3) is 5.65 Å². The minimum absolute atomic E-state index is 0.273. The van der Waals surface area contributed by atoms with E-state index in [0.717, 1.165) is 0 Å². The van der Waals surface area contributed by atoms with E-state index in [0.29, 0.717) is 41.4 Å². The van der Waals surface area contributed by atoms with Crippen molar-refractivity contribution in [1.29, 1.82) is 0 Å². The second-order valence-electron chi connectivity index (χ2n) is 6.96. The van der Waals surface area contributed by atoms with Gasteiger partial charge in [-0.15, -0.1) is 0 Å². The number of anilines is 1. The van der Waals surface area contributed by atoms with E-state index in [9.17, 15) is 9.18 Å². The second kappa shape index (κ2) is 9.53. The van der Waals surface area contributed by atoms with Gasteiger partial charge in [0.25, 0.3) is 5.91 Å². The molecule has 1 atom stereocenters. The number of nitrogens with zero attached hydrogens (tertiary/aromatic N) is 4. The third-order valence-corrected chi connectivity index (χ3v) is 4.45. The summed E-state index contributed by atoms with van der Waals surface area (Å²) in [6.45, 7) is 5.20. The van der Waals surface area contributed by atoms with Gasteiger partial charge < -0.3 is 20.3 Å². The van der Waals surface area contributed by atoms with Crippen LogP contribution in [-0.2, 0) is 6.54 Å². The molecule has 160 valence electrons. The molecule has 3 aromatic rings. The van der Waals surface area contributed by atoms with Crippen molar-refractivity contribution >= 4 is 17.4 Å². The van der Waals surface area contributed by atoms with E-state index in [2.05, 4.69) is 20.7 Å². The van der Waals surface area contributed by atoms with E-state index in [4.69, 9.17) is 4.74 Å². The average molecular weight is 414 g/mol. The highest BCUT2D eigenvalue weighted by Gasteiger charge is 2.20. The number of fused-ring (bicyclic) bond motifs is 2. The number of nitrogens with one attached hydrogen (secondary N) is 2. The van der Waals surface area contributed by atoms with Crippen LogP contribution in [0.4, 0.5) is 10.2 Å². The Morgan fingerprint density at radius 2 is 2.07 bits per heavy atom. The maximum Gasteiger partial charge on any atom is 0.256 e. The van der Waals surface area contributed by atoms with Crippen molar-refractivity contribution in [2.24, 2.45) is 0 Å². The Morgan fingerprint density at radius 1 is 1.27 bits per heavy atom. The smallest absolute Gasteiger partial charge is 0.256 e.